The first kappa shape index (κ1) is 15.9. The summed E-state index contributed by atoms with van der Waals surface area (Å²) in [7, 11) is -0.396. The van der Waals surface area contributed by atoms with Crippen LogP contribution in [0.2, 0.25) is 0 Å². The molecule has 0 bridgehead atoms. The molecule has 0 radical (unpaired) electrons. The Morgan fingerprint density at radius 2 is 1.62 bits per heavy atom. The Hall–Kier alpha value is -1.53. The Kier molecular flexibility index (Phi) is 4.04. The van der Waals surface area contributed by atoms with Crippen LogP contribution in [-0.2, 0) is 9.31 Å². The molecule has 1 aromatic rings. The Labute approximate surface area is 125 Å². The van der Waals surface area contributed by atoms with Gasteiger partial charge in [-0.15, -0.1) is 0 Å². The molecule has 5 nitrogen and oxygen atoms in total. The third-order valence-corrected chi connectivity index (χ3v) is 4.30. The predicted molar refractivity (Wildman–Crippen MR) is 81.7 cm³/mol. The second-order valence-electron chi connectivity index (χ2n) is 6.43. The van der Waals surface area contributed by atoms with Crippen molar-refractivity contribution in [3.8, 4) is 0 Å². The van der Waals surface area contributed by atoms with Gasteiger partial charge in [0.25, 0.3) is 0 Å². The molecule has 1 amide bonds. The summed E-state index contributed by atoms with van der Waals surface area (Å²) in [5, 5.41) is 11.2. The van der Waals surface area contributed by atoms with Gasteiger partial charge in [0.1, 0.15) is 0 Å². The summed E-state index contributed by atoms with van der Waals surface area (Å²) in [4.78, 5) is 10.7. The number of benzene rings is 1. The summed E-state index contributed by atoms with van der Waals surface area (Å²) >= 11 is 0. The highest BCUT2D eigenvalue weighted by Crippen LogP contribution is 2.36. The first-order valence-corrected chi connectivity index (χ1v) is 7.07. The Morgan fingerprint density at radius 1 is 1.14 bits per heavy atom. The van der Waals surface area contributed by atoms with Crippen LogP contribution in [0.5, 0.6) is 0 Å². The van der Waals surface area contributed by atoms with E-state index in [2.05, 4.69) is 5.32 Å². The highest BCUT2D eigenvalue weighted by Gasteiger charge is 2.51. The van der Waals surface area contributed by atoms with E-state index in [0.717, 1.165) is 11.0 Å². The number of hydrogen-bond acceptors (Lipinski definition) is 3. The lowest BCUT2D eigenvalue weighted by Crippen LogP contribution is -2.41. The molecule has 6 heteroatoms. The predicted octanol–water partition coefficient (Wildman–Crippen LogP) is 2.31. The minimum absolute atomic E-state index is 0.255. The van der Waals surface area contributed by atoms with Gasteiger partial charge in [-0.1, -0.05) is 24.3 Å². The molecule has 0 aliphatic carbocycles. The van der Waals surface area contributed by atoms with E-state index in [9.17, 15) is 4.79 Å². The fourth-order valence-electron chi connectivity index (χ4n) is 2.19. The number of carboxylic acid groups (broad SMARTS) is 1. The van der Waals surface area contributed by atoms with Crippen molar-refractivity contribution in [1.82, 2.24) is 5.32 Å². The molecule has 2 N–H and O–H groups in total. The molecule has 1 fully saturated rings. The lowest BCUT2D eigenvalue weighted by molar-refractivity contribution is 0.00578. The second kappa shape index (κ2) is 5.35. The van der Waals surface area contributed by atoms with Gasteiger partial charge in [0.05, 0.1) is 17.2 Å². The van der Waals surface area contributed by atoms with E-state index in [1.165, 1.54) is 0 Å². The summed E-state index contributed by atoms with van der Waals surface area (Å²) < 4.78 is 12.0. The molecule has 0 aromatic heterocycles. The van der Waals surface area contributed by atoms with Crippen molar-refractivity contribution in [2.75, 3.05) is 0 Å². The molecule has 0 unspecified atom stereocenters. The zero-order valence-electron chi connectivity index (χ0n) is 13.1. The Balaban J connectivity index is 2.12. The highest BCUT2D eigenvalue weighted by atomic mass is 16.7. The van der Waals surface area contributed by atoms with Gasteiger partial charge in [-0.2, -0.15) is 0 Å². The summed E-state index contributed by atoms with van der Waals surface area (Å²) in [6.07, 6.45) is -1.03. The smallest absolute Gasteiger partial charge is 0.465 e. The number of rotatable bonds is 3. The van der Waals surface area contributed by atoms with Crippen LogP contribution < -0.4 is 10.8 Å². The molecule has 1 saturated heterocycles. The molecule has 1 heterocycles. The molecule has 21 heavy (non-hydrogen) atoms. The standard InChI is InChI=1S/C15H22BNO4/c1-10(17-13(18)19)11-6-8-12(9-7-11)16-20-14(2,3)15(4,5)21-16/h6-10,17H,1-5H3,(H,18,19)/t10-/m0/s1. The van der Waals surface area contributed by atoms with Crippen LogP contribution in [0.3, 0.4) is 0 Å². The van der Waals surface area contributed by atoms with Crippen molar-refractivity contribution >= 4 is 18.7 Å². The third kappa shape index (κ3) is 3.22. The van der Waals surface area contributed by atoms with Gasteiger partial charge < -0.3 is 19.7 Å². The lowest BCUT2D eigenvalue weighted by Gasteiger charge is -2.32. The minimum Gasteiger partial charge on any atom is -0.465 e. The van der Waals surface area contributed by atoms with Crippen LogP contribution in [0.15, 0.2) is 24.3 Å². The first-order valence-electron chi connectivity index (χ1n) is 7.07. The molecule has 1 aliphatic heterocycles. The zero-order valence-corrected chi connectivity index (χ0v) is 13.1. The van der Waals surface area contributed by atoms with Crippen LogP contribution in [0.4, 0.5) is 4.79 Å². The van der Waals surface area contributed by atoms with Crippen LogP contribution >= 0.6 is 0 Å². The van der Waals surface area contributed by atoms with E-state index >= 15 is 0 Å². The molecule has 1 atom stereocenters. The molecule has 0 saturated carbocycles. The summed E-state index contributed by atoms with van der Waals surface area (Å²) in [6, 6.07) is 7.35. The van der Waals surface area contributed by atoms with Crippen LogP contribution in [0, 0.1) is 0 Å². The fourth-order valence-corrected chi connectivity index (χ4v) is 2.19. The maximum Gasteiger partial charge on any atom is 0.494 e. The largest absolute Gasteiger partial charge is 0.494 e. The number of amides is 1. The van der Waals surface area contributed by atoms with Crippen LogP contribution in [0.25, 0.3) is 0 Å². The Morgan fingerprint density at radius 3 is 2.05 bits per heavy atom. The van der Waals surface area contributed by atoms with Crippen molar-refractivity contribution in [2.45, 2.75) is 51.9 Å². The lowest BCUT2D eigenvalue weighted by atomic mass is 9.78. The van der Waals surface area contributed by atoms with Crippen LogP contribution in [0.1, 0.15) is 46.2 Å². The maximum absolute atomic E-state index is 10.7. The Bertz CT molecular complexity index is 511. The normalized spacial score (nSPS) is 21.1. The van der Waals surface area contributed by atoms with Crippen molar-refractivity contribution in [2.24, 2.45) is 0 Å². The van der Waals surface area contributed by atoms with Gasteiger partial charge in [0.2, 0.25) is 0 Å². The molecular formula is C15H22BNO4. The topological polar surface area (TPSA) is 67.8 Å². The number of nitrogens with one attached hydrogen (secondary N) is 1. The minimum atomic E-state index is -1.03. The first-order chi connectivity index (χ1) is 9.62. The molecule has 0 spiro atoms. The average Bonchev–Trinajstić information content (AvgIpc) is 2.58. The zero-order chi connectivity index (χ0) is 15.8. The van der Waals surface area contributed by atoms with Crippen LogP contribution in [-0.4, -0.2) is 29.5 Å². The van der Waals surface area contributed by atoms with Gasteiger partial charge in [0.15, 0.2) is 0 Å². The molecule has 2 rings (SSSR count). The van der Waals surface area contributed by atoms with Gasteiger partial charge >= 0.3 is 13.2 Å². The van der Waals surface area contributed by atoms with E-state index in [1.807, 2.05) is 52.0 Å². The van der Waals surface area contributed by atoms with Gasteiger partial charge in [0, 0.05) is 0 Å². The molecule has 1 aromatic carbocycles. The molecular weight excluding hydrogens is 269 g/mol. The van der Waals surface area contributed by atoms with Crippen molar-refractivity contribution in [3.63, 3.8) is 0 Å². The summed E-state index contributed by atoms with van der Waals surface area (Å²) in [5.41, 5.74) is 1.10. The van der Waals surface area contributed by atoms with Gasteiger partial charge in [-0.25, -0.2) is 4.79 Å². The number of carbonyl (C=O) groups is 1. The maximum atomic E-state index is 10.7. The SMILES string of the molecule is C[C@H](NC(=O)O)c1ccc(B2OC(C)(C)C(C)(C)O2)cc1. The van der Waals surface area contributed by atoms with Gasteiger partial charge in [-0.05, 0) is 45.6 Å². The highest BCUT2D eigenvalue weighted by molar-refractivity contribution is 6.62. The summed E-state index contributed by atoms with van der Waals surface area (Å²) in [5.74, 6) is 0. The van der Waals surface area contributed by atoms with E-state index < -0.39 is 13.2 Å². The van der Waals surface area contributed by atoms with Crippen molar-refractivity contribution in [1.29, 1.82) is 0 Å². The summed E-state index contributed by atoms with van der Waals surface area (Å²) in [6.45, 7) is 9.86. The second-order valence-corrected chi connectivity index (χ2v) is 6.43. The van der Waals surface area contributed by atoms with Gasteiger partial charge in [-0.3, -0.25) is 0 Å². The fraction of sp³-hybridized carbons (Fsp3) is 0.533. The molecule has 114 valence electrons. The molecule has 1 aliphatic rings. The number of hydrogen-bond donors (Lipinski definition) is 2. The average molecular weight is 291 g/mol. The third-order valence-electron chi connectivity index (χ3n) is 4.30. The van der Waals surface area contributed by atoms with Crippen molar-refractivity contribution < 1.29 is 19.2 Å². The van der Waals surface area contributed by atoms with E-state index in [1.54, 1.807) is 6.92 Å². The van der Waals surface area contributed by atoms with E-state index in [0.29, 0.717) is 0 Å². The quantitative estimate of drug-likeness (QED) is 0.839. The monoisotopic (exact) mass is 291 g/mol. The van der Waals surface area contributed by atoms with E-state index in [-0.39, 0.29) is 17.2 Å². The van der Waals surface area contributed by atoms with E-state index in [4.69, 9.17) is 14.4 Å². The van der Waals surface area contributed by atoms with Crippen molar-refractivity contribution in [3.05, 3.63) is 29.8 Å².